The van der Waals surface area contributed by atoms with Crippen molar-refractivity contribution in [2.24, 2.45) is 5.92 Å². The maximum absolute atomic E-state index is 13.4. The Hall–Kier alpha value is -1.04. The smallest absolute Gasteiger partial charge is 0.321 e. The van der Waals surface area contributed by atoms with Gasteiger partial charge in [0.05, 0.1) is 34.2 Å². The van der Waals surface area contributed by atoms with Crippen molar-refractivity contribution in [3.8, 4) is 11.3 Å². The van der Waals surface area contributed by atoms with E-state index in [9.17, 15) is 13.6 Å². The number of piperidine rings is 1. The number of rotatable bonds is 4. The molecule has 0 radical (unpaired) electrons. The molecule has 0 unspecified atom stereocenters. The molecule has 1 aliphatic rings. The summed E-state index contributed by atoms with van der Waals surface area (Å²) in [5.41, 5.74) is 2.53. The van der Waals surface area contributed by atoms with Gasteiger partial charge >= 0.3 is 3.93 Å². The van der Waals surface area contributed by atoms with Crippen molar-refractivity contribution in [3.63, 3.8) is 0 Å². The lowest BCUT2D eigenvalue weighted by atomic mass is 9.95. The van der Waals surface area contributed by atoms with Crippen LogP contribution in [0.4, 0.5) is 14.5 Å². The topological polar surface area (TPSA) is 36.4 Å². The number of alkyl halides is 3. The molecular weight excluding hydrogens is 578 g/mol. The Labute approximate surface area is 185 Å². The summed E-state index contributed by atoms with van der Waals surface area (Å²) in [6, 6.07) is 10.1. The first-order valence-electron chi connectivity index (χ1n) is 8.58. The summed E-state index contributed by atoms with van der Waals surface area (Å²) >= 11 is 3.15. The number of anilines is 1. The highest BCUT2D eigenvalue weighted by Crippen LogP contribution is 2.37. The molecule has 0 spiro atoms. The SMILES string of the molecule is CN(I)C(=O)C1CCN(c2cccnc2-c2ccc(C(F)(F)I)cc2)CC1. The number of hydrogen-bond donors (Lipinski definition) is 0. The van der Waals surface area contributed by atoms with Crippen LogP contribution in [0.5, 0.6) is 0 Å². The van der Waals surface area contributed by atoms with Crippen LogP contribution in [0.15, 0.2) is 42.6 Å². The van der Waals surface area contributed by atoms with E-state index in [1.54, 1.807) is 28.5 Å². The van der Waals surface area contributed by atoms with Crippen LogP contribution in [0, 0.1) is 5.92 Å². The van der Waals surface area contributed by atoms with Crippen LogP contribution in [-0.4, -0.2) is 34.1 Å². The third-order valence-corrected chi connectivity index (χ3v) is 5.86. The number of hydrogen-bond acceptors (Lipinski definition) is 3. The number of carbonyl (C=O) groups excluding carboxylic acids is 1. The molecule has 1 aliphatic heterocycles. The third kappa shape index (κ3) is 4.87. The molecule has 1 aromatic carbocycles. The summed E-state index contributed by atoms with van der Waals surface area (Å²) in [6.45, 7) is 1.53. The summed E-state index contributed by atoms with van der Waals surface area (Å²) in [6.07, 6.45) is 3.29. The second kappa shape index (κ2) is 8.54. The highest BCUT2D eigenvalue weighted by Gasteiger charge is 2.29. The normalized spacial score (nSPS) is 15.7. The largest absolute Gasteiger partial charge is 0.370 e. The zero-order valence-electron chi connectivity index (χ0n) is 14.7. The first-order chi connectivity index (χ1) is 12.8. The van der Waals surface area contributed by atoms with Crippen molar-refractivity contribution >= 4 is 57.1 Å². The van der Waals surface area contributed by atoms with Gasteiger partial charge in [-0.2, -0.15) is 8.78 Å². The van der Waals surface area contributed by atoms with Crippen molar-refractivity contribution in [2.45, 2.75) is 16.8 Å². The molecule has 2 heterocycles. The molecule has 1 saturated heterocycles. The number of amides is 1. The fraction of sp³-hybridized carbons (Fsp3) is 0.368. The van der Waals surface area contributed by atoms with E-state index >= 15 is 0 Å². The molecule has 0 N–H and O–H groups in total. The number of nitrogens with zero attached hydrogens (tertiary/aromatic N) is 3. The maximum Gasteiger partial charge on any atom is 0.321 e. The number of pyridine rings is 1. The molecule has 1 fully saturated rings. The number of carbonyl (C=O) groups is 1. The van der Waals surface area contributed by atoms with E-state index in [1.807, 2.05) is 35.0 Å². The summed E-state index contributed by atoms with van der Waals surface area (Å²) in [5, 5.41) is 0. The van der Waals surface area contributed by atoms with Gasteiger partial charge in [0.1, 0.15) is 0 Å². The van der Waals surface area contributed by atoms with Gasteiger partial charge in [0.15, 0.2) is 0 Å². The Morgan fingerprint density at radius 2 is 1.85 bits per heavy atom. The second-order valence-electron chi connectivity index (χ2n) is 6.52. The van der Waals surface area contributed by atoms with Crippen LogP contribution >= 0.6 is 45.5 Å². The summed E-state index contributed by atoms with van der Waals surface area (Å²) in [7, 11) is 1.78. The van der Waals surface area contributed by atoms with E-state index in [-0.39, 0.29) is 17.4 Å². The van der Waals surface area contributed by atoms with Gasteiger partial charge in [-0.1, -0.05) is 24.3 Å². The molecule has 144 valence electrons. The van der Waals surface area contributed by atoms with E-state index in [1.165, 1.54) is 12.1 Å². The minimum Gasteiger partial charge on any atom is -0.370 e. The van der Waals surface area contributed by atoms with Gasteiger partial charge < -0.3 is 4.90 Å². The van der Waals surface area contributed by atoms with E-state index < -0.39 is 3.93 Å². The maximum atomic E-state index is 13.4. The molecule has 0 bridgehead atoms. The van der Waals surface area contributed by atoms with Crippen molar-refractivity contribution in [2.75, 3.05) is 25.0 Å². The zero-order chi connectivity index (χ0) is 19.6. The number of halogens is 4. The van der Waals surface area contributed by atoms with Crippen LogP contribution < -0.4 is 4.90 Å². The Balaban J connectivity index is 1.80. The minimum atomic E-state index is -2.89. The molecule has 27 heavy (non-hydrogen) atoms. The average molecular weight is 597 g/mol. The van der Waals surface area contributed by atoms with Crippen LogP contribution in [0.2, 0.25) is 0 Å². The lowest BCUT2D eigenvalue weighted by Crippen LogP contribution is -2.39. The Bertz CT molecular complexity index is 801. The molecular formula is C19H19F2I2N3O. The fourth-order valence-electron chi connectivity index (χ4n) is 3.31. The van der Waals surface area contributed by atoms with Crippen molar-refractivity contribution in [1.29, 1.82) is 0 Å². The fourth-order valence-corrected chi connectivity index (χ4v) is 4.06. The van der Waals surface area contributed by atoms with Gasteiger partial charge in [0.25, 0.3) is 0 Å². The highest BCUT2D eigenvalue weighted by atomic mass is 127. The summed E-state index contributed by atoms with van der Waals surface area (Å²) in [5.74, 6) is 0.213. The van der Waals surface area contributed by atoms with Gasteiger partial charge in [0, 0.05) is 66.0 Å². The van der Waals surface area contributed by atoms with Gasteiger partial charge in [0.2, 0.25) is 5.91 Å². The Morgan fingerprint density at radius 1 is 1.22 bits per heavy atom. The Morgan fingerprint density at radius 3 is 2.41 bits per heavy atom. The van der Waals surface area contributed by atoms with Crippen LogP contribution in [0.3, 0.4) is 0 Å². The third-order valence-electron chi connectivity index (χ3n) is 4.76. The van der Waals surface area contributed by atoms with Crippen molar-refractivity contribution < 1.29 is 13.6 Å². The minimum absolute atomic E-state index is 0.0217. The lowest BCUT2D eigenvalue weighted by Gasteiger charge is -2.34. The van der Waals surface area contributed by atoms with Crippen LogP contribution in [0.25, 0.3) is 11.3 Å². The number of aromatic nitrogens is 1. The summed E-state index contributed by atoms with van der Waals surface area (Å²) < 4.78 is 25.6. The van der Waals surface area contributed by atoms with E-state index in [4.69, 9.17) is 0 Å². The molecule has 0 saturated carbocycles. The molecule has 0 aliphatic carbocycles. The summed E-state index contributed by atoms with van der Waals surface area (Å²) in [4.78, 5) is 18.9. The van der Waals surface area contributed by atoms with Crippen molar-refractivity contribution in [1.82, 2.24) is 8.10 Å². The number of benzene rings is 1. The Kier molecular flexibility index (Phi) is 6.54. The molecule has 3 rings (SSSR count). The van der Waals surface area contributed by atoms with E-state index in [2.05, 4.69) is 9.88 Å². The first kappa shape index (κ1) is 20.7. The lowest BCUT2D eigenvalue weighted by molar-refractivity contribution is -0.129. The molecule has 4 nitrogen and oxygen atoms in total. The molecule has 8 heteroatoms. The highest BCUT2D eigenvalue weighted by molar-refractivity contribution is 14.1. The standard InChI is InChI=1S/C19H19F2I2N3O/c1-25(23)18(27)14-8-11-26(12-9-14)16-3-2-10-24-17(16)13-4-6-15(7-5-13)19(20,21)22/h2-7,10,14H,8-9,11-12H2,1H3. The molecule has 1 aromatic heterocycles. The quantitative estimate of drug-likeness (QED) is 0.275. The van der Waals surface area contributed by atoms with E-state index in [0.717, 1.165) is 65.5 Å². The van der Waals surface area contributed by atoms with E-state index in [0.29, 0.717) is 0 Å². The molecule has 2 aromatic rings. The monoisotopic (exact) mass is 597 g/mol. The second-order valence-corrected chi connectivity index (χ2v) is 9.33. The van der Waals surface area contributed by atoms with Crippen molar-refractivity contribution in [3.05, 3.63) is 48.2 Å². The van der Waals surface area contributed by atoms with Gasteiger partial charge in [-0.25, -0.2) is 0 Å². The predicted octanol–water partition coefficient (Wildman–Crippen LogP) is 5.26. The predicted molar refractivity (Wildman–Crippen MR) is 119 cm³/mol. The first-order valence-corrected chi connectivity index (χ1v) is 10.6. The van der Waals surface area contributed by atoms with Gasteiger partial charge in [-0.05, 0) is 25.0 Å². The molecule has 1 amide bonds. The van der Waals surface area contributed by atoms with Gasteiger partial charge in [-0.15, -0.1) is 0 Å². The van der Waals surface area contributed by atoms with Crippen LogP contribution in [-0.2, 0) is 8.72 Å². The van der Waals surface area contributed by atoms with Gasteiger partial charge in [-0.3, -0.25) is 12.9 Å². The average Bonchev–Trinajstić information content (AvgIpc) is 2.67. The van der Waals surface area contributed by atoms with Crippen LogP contribution in [0.1, 0.15) is 18.4 Å². The zero-order valence-corrected chi connectivity index (χ0v) is 19.0. The molecule has 0 atom stereocenters.